The van der Waals surface area contributed by atoms with Crippen LogP contribution in [0.1, 0.15) is 5.56 Å². The molecule has 20 heavy (non-hydrogen) atoms. The quantitative estimate of drug-likeness (QED) is 0.632. The minimum atomic E-state index is 0.268. The number of aryl methyl sites for hydroxylation is 1. The topological polar surface area (TPSA) is 25.8 Å². The molecule has 0 spiro atoms. The normalized spacial score (nSPS) is 10.5. The van der Waals surface area contributed by atoms with Crippen molar-refractivity contribution in [1.82, 2.24) is 9.97 Å². The molecule has 2 aromatic carbocycles. The Morgan fingerprint density at radius 2 is 1.45 bits per heavy atom. The van der Waals surface area contributed by atoms with Gasteiger partial charge in [0.05, 0.1) is 11.4 Å². The van der Waals surface area contributed by atoms with Crippen molar-refractivity contribution in [3.63, 3.8) is 0 Å². The fraction of sp³-hybridized carbons (Fsp3) is 0.0588. The molecule has 3 rings (SSSR count). The summed E-state index contributed by atoms with van der Waals surface area (Å²) in [5, 5.41) is 0.268. The monoisotopic (exact) mass is 280 g/mol. The Labute approximate surface area is 123 Å². The van der Waals surface area contributed by atoms with Crippen molar-refractivity contribution in [3.8, 4) is 22.5 Å². The van der Waals surface area contributed by atoms with Gasteiger partial charge in [0.25, 0.3) is 0 Å². The number of aromatic nitrogens is 2. The first-order valence-electron chi connectivity index (χ1n) is 6.40. The molecule has 2 nitrogen and oxygen atoms in total. The van der Waals surface area contributed by atoms with E-state index in [9.17, 15) is 0 Å². The van der Waals surface area contributed by atoms with Crippen molar-refractivity contribution < 1.29 is 0 Å². The van der Waals surface area contributed by atoms with Gasteiger partial charge < -0.3 is 0 Å². The van der Waals surface area contributed by atoms with Gasteiger partial charge in [0.2, 0.25) is 5.28 Å². The summed E-state index contributed by atoms with van der Waals surface area (Å²) in [5.41, 5.74) is 4.97. The number of nitrogens with zero attached hydrogens (tertiary/aromatic N) is 2. The second kappa shape index (κ2) is 5.43. The molecule has 0 unspecified atom stereocenters. The van der Waals surface area contributed by atoms with Crippen molar-refractivity contribution >= 4 is 11.6 Å². The molecule has 0 fully saturated rings. The predicted octanol–water partition coefficient (Wildman–Crippen LogP) is 4.77. The number of rotatable bonds is 2. The van der Waals surface area contributed by atoms with E-state index in [4.69, 9.17) is 11.6 Å². The van der Waals surface area contributed by atoms with Gasteiger partial charge in [0.15, 0.2) is 0 Å². The van der Waals surface area contributed by atoms with Crippen molar-refractivity contribution in [2.24, 2.45) is 0 Å². The van der Waals surface area contributed by atoms with Gasteiger partial charge >= 0.3 is 0 Å². The van der Waals surface area contributed by atoms with Crippen molar-refractivity contribution in [2.75, 3.05) is 0 Å². The molecule has 0 saturated carbocycles. The maximum absolute atomic E-state index is 6.08. The van der Waals surface area contributed by atoms with Gasteiger partial charge in [-0.25, -0.2) is 9.97 Å². The van der Waals surface area contributed by atoms with Crippen LogP contribution in [0.4, 0.5) is 0 Å². The van der Waals surface area contributed by atoms with Gasteiger partial charge in [-0.3, -0.25) is 0 Å². The zero-order valence-corrected chi connectivity index (χ0v) is 11.8. The average molecular weight is 281 g/mol. The van der Waals surface area contributed by atoms with Crippen molar-refractivity contribution in [3.05, 3.63) is 71.5 Å². The molecule has 98 valence electrons. The van der Waals surface area contributed by atoms with Crippen LogP contribution in [0.5, 0.6) is 0 Å². The summed E-state index contributed by atoms with van der Waals surface area (Å²) in [7, 11) is 0. The number of halogens is 1. The zero-order valence-electron chi connectivity index (χ0n) is 11.0. The first kappa shape index (κ1) is 12.8. The Kier molecular flexibility index (Phi) is 3.48. The Bertz CT molecular complexity index is 739. The fourth-order valence-corrected chi connectivity index (χ4v) is 2.36. The molecule has 0 amide bonds. The summed E-state index contributed by atoms with van der Waals surface area (Å²) in [6.45, 7) is 2.06. The van der Waals surface area contributed by atoms with Crippen LogP contribution in [0.15, 0.2) is 60.7 Å². The number of hydrogen-bond donors (Lipinski definition) is 0. The lowest BCUT2D eigenvalue weighted by molar-refractivity contribution is 1.17. The highest BCUT2D eigenvalue weighted by atomic mass is 35.5. The first-order valence-corrected chi connectivity index (χ1v) is 6.78. The largest absolute Gasteiger partial charge is 0.223 e. The smallest absolute Gasteiger partial charge is 0.218 e. The lowest BCUT2D eigenvalue weighted by Gasteiger charge is -2.08. The van der Waals surface area contributed by atoms with Gasteiger partial charge in [-0.1, -0.05) is 54.6 Å². The molecule has 0 bridgehead atoms. The highest BCUT2D eigenvalue weighted by Gasteiger charge is 2.08. The summed E-state index contributed by atoms with van der Waals surface area (Å²) >= 11 is 6.08. The first-order chi connectivity index (χ1) is 9.74. The standard InChI is InChI=1S/C17H13ClN2/c1-12-7-5-6-10-14(12)16-11-15(19-17(18)20-16)13-8-3-2-4-9-13/h2-11H,1H3. The van der Waals surface area contributed by atoms with Gasteiger partial charge in [-0.05, 0) is 30.2 Å². The van der Waals surface area contributed by atoms with Crippen LogP contribution >= 0.6 is 11.6 Å². The van der Waals surface area contributed by atoms with E-state index in [-0.39, 0.29) is 5.28 Å². The minimum absolute atomic E-state index is 0.268. The van der Waals surface area contributed by atoms with E-state index in [1.807, 2.05) is 54.6 Å². The van der Waals surface area contributed by atoms with Crippen LogP contribution in [0.3, 0.4) is 0 Å². The lowest BCUT2D eigenvalue weighted by atomic mass is 10.0. The summed E-state index contributed by atoms with van der Waals surface area (Å²) in [5.74, 6) is 0. The molecular weight excluding hydrogens is 268 g/mol. The number of benzene rings is 2. The van der Waals surface area contributed by atoms with E-state index < -0.39 is 0 Å². The van der Waals surface area contributed by atoms with E-state index in [1.54, 1.807) is 0 Å². The molecule has 0 aliphatic rings. The van der Waals surface area contributed by atoms with Gasteiger partial charge in [0.1, 0.15) is 0 Å². The lowest BCUT2D eigenvalue weighted by Crippen LogP contribution is -1.93. The molecule has 0 aliphatic carbocycles. The Morgan fingerprint density at radius 1 is 0.800 bits per heavy atom. The average Bonchev–Trinajstić information content (AvgIpc) is 2.48. The Hall–Kier alpha value is -2.19. The van der Waals surface area contributed by atoms with Crippen LogP contribution in [0, 0.1) is 6.92 Å². The second-order valence-corrected chi connectivity index (χ2v) is 4.93. The van der Waals surface area contributed by atoms with Gasteiger partial charge in [-0.2, -0.15) is 0 Å². The molecule has 0 saturated heterocycles. The summed E-state index contributed by atoms with van der Waals surface area (Å²) in [4.78, 5) is 8.66. The van der Waals surface area contributed by atoms with Crippen LogP contribution in [0.25, 0.3) is 22.5 Å². The molecule has 1 aromatic heterocycles. The van der Waals surface area contributed by atoms with Crippen molar-refractivity contribution in [2.45, 2.75) is 6.92 Å². The molecule has 0 radical (unpaired) electrons. The van der Waals surface area contributed by atoms with Gasteiger partial charge in [-0.15, -0.1) is 0 Å². The number of hydrogen-bond acceptors (Lipinski definition) is 2. The van der Waals surface area contributed by atoms with E-state index in [0.29, 0.717) is 0 Å². The molecular formula is C17H13ClN2. The summed E-state index contributed by atoms with van der Waals surface area (Å²) in [6.07, 6.45) is 0. The second-order valence-electron chi connectivity index (χ2n) is 4.59. The van der Waals surface area contributed by atoms with Crippen LogP contribution in [-0.2, 0) is 0 Å². The highest BCUT2D eigenvalue weighted by molar-refractivity contribution is 6.28. The predicted molar refractivity (Wildman–Crippen MR) is 82.7 cm³/mol. The van der Waals surface area contributed by atoms with Crippen LogP contribution in [-0.4, -0.2) is 9.97 Å². The van der Waals surface area contributed by atoms with Crippen LogP contribution in [0.2, 0.25) is 5.28 Å². The molecule has 3 aromatic rings. The van der Waals surface area contributed by atoms with Crippen molar-refractivity contribution in [1.29, 1.82) is 0 Å². The zero-order chi connectivity index (χ0) is 13.9. The third kappa shape index (κ3) is 2.56. The Balaban J connectivity index is 2.15. The van der Waals surface area contributed by atoms with E-state index >= 15 is 0 Å². The third-order valence-electron chi connectivity index (χ3n) is 3.19. The van der Waals surface area contributed by atoms with Gasteiger partial charge in [0, 0.05) is 11.1 Å². The Morgan fingerprint density at radius 3 is 2.20 bits per heavy atom. The SMILES string of the molecule is Cc1ccccc1-c1cc(-c2ccccc2)nc(Cl)n1. The third-order valence-corrected chi connectivity index (χ3v) is 3.36. The fourth-order valence-electron chi connectivity index (χ4n) is 2.17. The maximum Gasteiger partial charge on any atom is 0.223 e. The van der Waals surface area contributed by atoms with Crippen LogP contribution < -0.4 is 0 Å². The molecule has 1 heterocycles. The summed E-state index contributed by atoms with van der Waals surface area (Å²) < 4.78 is 0. The molecule has 0 atom stereocenters. The highest BCUT2D eigenvalue weighted by Crippen LogP contribution is 2.26. The summed E-state index contributed by atoms with van der Waals surface area (Å²) in [6, 6.07) is 20.1. The maximum atomic E-state index is 6.08. The molecule has 0 aliphatic heterocycles. The van der Waals surface area contributed by atoms with E-state index in [0.717, 1.165) is 22.5 Å². The molecule has 3 heteroatoms. The minimum Gasteiger partial charge on any atom is -0.218 e. The van der Waals surface area contributed by atoms with E-state index in [1.165, 1.54) is 5.56 Å². The van der Waals surface area contributed by atoms with E-state index in [2.05, 4.69) is 23.0 Å². The molecule has 0 N–H and O–H groups in total.